The summed E-state index contributed by atoms with van der Waals surface area (Å²) in [7, 11) is 0. The fourth-order valence-corrected chi connectivity index (χ4v) is 2.33. The fourth-order valence-electron chi connectivity index (χ4n) is 2.33. The summed E-state index contributed by atoms with van der Waals surface area (Å²) < 4.78 is 7.39. The zero-order valence-electron chi connectivity index (χ0n) is 9.87. The maximum absolute atomic E-state index is 11.0. The summed E-state index contributed by atoms with van der Waals surface area (Å²) in [6.45, 7) is 0.743. The zero-order valence-corrected chi connectivity index (χ0v) is 9.87. The van der Waals surface area contributed by atoms with E-state index in [1.54, 1.807) is 16.9 Å². The van der Waals surface area contributed by atoms with Crippen molar-refractivity contribution in [2.24, 2.45) is 0 Å². The van der Waals surface area contributed by atoms with Crippen LogP contribution in [0.1, 0.15) is 35.8 Å². The Morgan fingerprint density at radius 1 is 1.44 bits per heavy atom. The van der Waals surface area contributed by atoms with Gasteiger partial charge in [0.1, 0.15) is 12.0 Å². The smallest absolute Gasteiger partial charge is 0.154 e. The standard InChI is InChI=1S/C13H14N2O3/c16-8-10-9-7-15(13-3-1-2-6-18-13)14-11(9)4-5-12(10)17/h4-5,7-8,13,17H,1-3,6H2. The van der Waals surface area contributed by atoms with Gasteiger partial charge >= 0.3 is 0 Å². The van der Waals surface area contributed by atoms with E-state index in [-0.39, 0.29) is 17.5 Å². The van der Waals surface area contributed by atoms with E-state index in [2.05, 4.69) is 5.10 Å². The summed E-state index contributed by atoms with van der Waals surface area (Å²) in [5.41, 5.74) is 0.985. The molecule has 0 saturated carbocycles. The Morgan fingerprint density at radius 2 is 2.33 bits per heavy atom. The van der Waals surface area contributed by atoms with Crippen molar-refractivity contribution in [2.75, 3.05) is 6.61 Å². The number of ether oxygens (including phenoxy) is 1. The number of phenols is 1. The van der Waals surface area contributed by atoms with E-state index in [1.165, 1.54) is 6.07 Å². The van der Waals surface area contributed by atoms with E-state index in [9.17, 15) is 9.90 Å². The van der Waals surface area contributed by atoms with Gasteiger partial charge in [-0.2, -0.15) is 5.10 Å². The lowest BCUT2D eigenvalue weighted by atomic mass is 10.1. The topological polar surface area (TPSA) is 64.3 Å². The van der Waals surface area contributed by atoms with Gasteiger partial charge in [0.05, 0.1) is 11.1 Å². The minimum absolute atomic E-state index is 0.0124. The Balaban J connectivity index is 2.07. The third kappa shape index (κ3) is 1.76. The van der Waals surface area contributed by atoms with Crippen LogP contribution in [0.25, 0.3) is 10.9 Å². The Hall–Kier alpha value is -1.88. The molecule has 1 aromatic heterocycles. The van der Waals surface area contributed by atoms with Gasteiger partial charge in [0.15, 0.2) is 6.29 Å². The molecule has 1 N–H and O–H groups in total. The summed E-state index contributed by atoms with van der Waals surface area (Å²) in [6.07, 6.45) is 5.49. The van der Waals surface area contributed by atoms with E-state index in [4.69, 9.17) is 4.74 Å². The van der Waals surface area contributed by atoms with Crippen molar-refractivity contribution < 1.29 is 14.6 Å². The fraction of sp³-hybridized carbons (Fsp3) is 0.385. The molecular weight excluding hydrogens is 232 g/mol. The molecule has 2 heterocycles. The highest BCUT2D eigenvalue weighted by atomic mass is 16.5. The van der Waals surface area contributed by atoms with Gasteiger partial charge in [-0.1, -0.05) is 0 Å². The molecule has 3 rings (SSSR count). The third-order valence-corrected chi connectivity index (χ3v) is 3.29. The number of nitrogens with zero attached hydrogens (tertiary/aromatic N) is 2. The molecule has 1 aliphatic rings. The van der Waals surface area contributed by atoms with Crippen LogP contribution in [0.15, 0.2) is 18.3 Å². The van der Waals surface area contributed by atoms with Crippen molar-refractivity contribution in [1.82, 2.24) is 9.78 Å². The third-order valence-electron chi connectivity index (χ3n) is 3.29. The van der Waals surface area contributed by atoms with E-state index in [0.29, 0.717) is 17.2 Å². The monoisotopic (exact) mass is 246 g/mol. The first kappa shape index (κ1) is 11.2. The molecule has 1 unspecified atom stereocenters. The molecule has 1 aliphatic heterocycles. The lowest BCUT2D eigenvalue weighted by molar-refractivity contribution is -0.0390. The number of aromatic hydroxyl groups is 1. The number of carbonyl (C=O) groups is 1. The molecule has 5 heteroatoms. The second kappa shape index (κ2) is 4.42. The normalized spacial score (nSPS) is 20.1. The van der Waals surface area contributed by atoms with Gasteiger partial charge in [0, 0.05) is 18.2 Å². The second-order valence-electron chi connectivity index (χ2n) is 4.48. The van der Waals surface area contributed by atoms with Crippen molar-refractivity contribution in [3.63, 3.8) is 0 Å². The minimum atomic E-state index is -0.0622. The van der Waals surface area contributed by atoms with Gasteiger partial charge in [0.2, 0.25) is 0 Å². The van der Waals surface area contributed by atoms with Crippen LogP contribution in [0, 0.1) is 0 Å². The average Bonchev–Trinajstić information content (AvgIpc) is 2.84. The SMILES string of the molecule is O=Cc1c(O)ccc2nn(C3CCCCO3)cc12. The van der Waals surface area contributed by atoms with Crippen molar-refractivity contribution in [1.29, 1.82) is 0 Å². The van der Waals surface area contributed by atoms with Gasteiger partial charge < -0.3 is 9.84 Å². The van der Waals surface area contributed by atoms with Crippen LogP contribution >= 0.6 is 0 Å². The van der Waals surface area contributed by atoms with Crippen LogP contribution in [-0.4, -0.2) is 27.8 Å². The number of fused-ring (bicyclic) bond motifs is 1. The number of benzene rings is 1. The number of aldehydes is 1. The van der Waals surface area contributed by atoms with Crippen LogP contribution in [0.4, 0.5) is 0 Å². The molecule has 18 heavy (non-hydrogen) atoms. The molecule has 0 amide bonds. The van der Waals surface area contributed by atoms with Gasteiger partial charge in [-0.15, -0.1) is 0 Å². The Morgan fingerprint density at radius 3 is 3.06 bits per heavy atom. The summed E-state index contributed by atoms with van der Waals surface area (Å²) in [5.74, 6) is -0.0124. The lowest BCUT2D eigenvalue weighted by Crippen LogP contribution is -2.18. The predicted molar refractivity (Wildman–Crippen MR) is 65.6 cm³/mol. The summed E-state index contributed by atoms with van der Waals surface area (Å²) >= 11 is 0. The molecule has 0 spiro atoms. The van der Waals surface area contributed by atoms with Gasteiger partial charge in [0.25, 0.3) is 0 Å². The summed E-state index contributed by atoms with van der Waals surface area (Å²) in [4.78, 5) is 11.0. The number of phenolic OH excluding ortho intramolecular Hbond substituents is 1. The summed E-state index contributed by atoms with van der Waals surface area (Å²) in [5, 5.41) is 14.7. The molecule has 1 saturated heterocycles. The maximum Gasteiger partial charge on any atom is 0.154 e. The van der Waals surface area contributed by atoms with E-state index in [0.717, 1.165) is 25.9 Å². The molecule has 1 atom stereocenters. The van der Waals surface area contributed by atoms with Crippen LogP contribution in [-0.2, 0) is 4.74 Å². The van der Waals surface area contributed by atoms with E-state index in [1.807, 2.05) is 0 Å². The van der Waals surface area contributed by atoms with Crippen molar-refractivity contribution >= 4 is 17.2 Å². The van der Waals surface area contributed by atoms with Crippen LogP contribution in [0.2, 0.25) is 0 Å². The van der Waals surface area contributed by atoms with Crippen molar-refractivity contribution in [3.05, 3.63) is 23.9 Å². The largest absolute Gasteiger partial charge is 0.507 e. The molecular formula is C13H14N2O3. The van der Waals surface area contributed by atoms with Crippen LogP contribution in [0.5, 0.6) is 5.75 Å². The molecule has 0 radical (unpaired) electrons. The maximum atomic E-state index is 11.0. The highest BCUT2D eigenvalue weighted by Gasteiger charge is 2.18. The first-order valence-corrected chi connectivity index (χ1v) is 6.07. The highest BCUT2D eigenvalue weighted by Crippen LogP contribution is 2.28. The molecule has 0 bridgehead atoms. The second-order valence-corrected chi connectivity index (χ2v) is 4.48. The van der Waals surface area contributed by atoms with Gasteiger partial charge in [-0.05, 0) is 31.4 Å². The summed E-state index contributed by atoms with van der Waals surface area (Å²) in [6, 6.07) is 3.20. The molecule has 2 aromatic rings. The molecule has 1 fully saturated rings. The number of rotatable bonds is 2. The average molecular weight is 246 g/mol. The first-order valence-electron chi connectivity index (χ1n) is 6.07. The van der Waals surface area contributed by atoms with Crippen LogP contribution in [0.3, 0.4) is 0 Å². The first-order chi connectivity index (χ1) is 8.79. The Kier molecular flexibility index (Phi) is 2.76. The molecule has 0 aliphatic carbocycles. The lowest BCUT2D eigenvalue weighted by Gasteiger charge is -2.22. The van der Waals surface area contributed by atoms with Gasteiger partial charge in [-0.3, -0.25) is 4.79 Å². The number of hydrogen-bond donors (Lipinski definition) is 1. The quantitative estimate of drug-likeness (QED) is 0.825. The predicted octanol–water partition coefficient (Wildman–Crippen LogP) is 2.25. The minimum Gasteiger partial charge on any atom is -0.507 e. The van der Waals surface area contributed by atoms with E-state index < -0.39 is 0 Å². The van der Waals surface area contributed by atoms with Crippen LogP contribution < -0.4 is 0 Å². The van der Waals surface area contributed by atoms with Crippen molar-refractivity contribution in [2.45, 2.75) is 25.5 Å². The molecule has 1 aromatic carbocycles. The Labute approximate surface area is 104 Å². The number of hydrogen-bond acceptors (Lipinski definition) is 4. The molecule has 5 nitrogen and oxygen atoms in total. The van der Waals surface area contributed by atoms with E-state index >= 15 is 0 Å². The Bertz CT molecular complexity index is 585. The van der Waals surface area contributed by atoms with Gasteiger partial charge in [-0.25, -0.2) is 4.68 Å². The van der Waals surface area contributed by atoms with Crippen molar-refractivity contribution in [3.8, 4) is 5.75 Å². The number of carbonyl (C=O) groups excluding carboxylic acids is 1. The zero-order chi connectivity index (χ0) is 12.5. The highest BCUT2D eigenvalue weighted by molar-refractivity contribution is 5.99. The molecule has 94 valence electrons. The number of aromatic nitrogens is 2.